The quantitative estimate of drug-likeness (QED) is 0.331. The maximum Gasteiger partial charge on any atom is 0.323 e. The van der Waals surface area contributed by atoms with Gasteiger partial charge in [-0.1, -0.05) is 24.3 Å². The average molecular weight is 477 g/mol. The lowest BCUT2D eigenvalue weighted by Gasteiger charge is -2.13. The van der Waals surface area contributed by atoms with Crippen molar-refractivity contribution in [2.75, 3.05) is 44.9 Å². The summed E-state index contributed by atoms with van der Waals surface area (Å²) in [6.45, 7) is 1.57. The Hall–Kier alpha value is -4.04. The van der Waals surface area contributed by atoms with E-state index in [0.29, 0.717) is 40.7 Å². The van der Waals surface area contributed by atoms with Gasteiger partial charge >= 0.3 is 6.03 Å². The first-order valence-corrected chi connectivity index (χ1v) is 11.5. The third-order valence-corrected chi connectivity index (χ3v) is 5.09. The summed E-state index contributed by atoms with van der Waals surface area (Å²) < 4.78 is 11.2. The molecule has 0 aromatic heterocycles. The summed E-state index contributed by atoms with van der Waals surface area (Å²) in [5, 5.41) is 8.46. The molecule has 0 fully saturated rings. The lowest BCUT2D eigenvalue weighted by Crippen LogP contribution is -2.26. The normalized spacial score (nSPS) is 10.5. The SMILES string of the molecule is COc1cc(NC(=O)Nc2cccc(Oc3ccccc3)c2)ccc1C(=O)NCCCCN(C)C. The van der Waals surface area contributed by atoms with E-state index in [1.165, 1.54) is 7.11 Å². The Morgan fingerprint density at radius 3 is 2.26 bits per heavy atom. The summed E-state index contributed by atoms with van der Waals surface area (Å²) in [6.07, 6.45) is 1.90. The molecule has 0 aliphatic heterocycles. The van der Waals surface area contributed by atoms with Crippen LogP contribution in [0.1, 0.15) is 23.2 Å². The molecule has 0 atom stereocenters. The van der Waals surface area contributed by atoms with E-state index < -0.39 is 6.03 Å². The van der Waals surface area contributed by atoms with Gasteiger partial charge in [0.05, 0.1) is 12.7 Å². The summed E-state index contributed by atoms with van der Waals surface area (Å²) in [4.78, 5) is 27.2. The number of carbonyl (C=O) groups is 2. The average Bonchev–Trinajstić information content (AvgIpc) is 2.84. The van der Waals surface area contributed by atoms with Gasteiger partial charge in [-0.2, -0.15) is 0 Å². The number of amides is 3. The number of nitrogens with zero attached hydrogens (tertiary/aromatic N) is 1. The number of anilines is 2. The summed E-state index contributed by atoms with van der Waals surface area (Å²) in [5.74, 6) is 1.48. The topological polar surface area (TPSA) is 91.9 Å². The molecule has 0 spiro atoms. The Balaban J connectivity index is 1.55. The Morgan fingerprint density at radius 1 is 0.829 bits per heavy atom. The summed E-state index contributed by atoms with van der Waals surface area (Å²) in [5.41, 5.74) is 1.49. The van der Waals surface area contributed by atoms with Crippen molar-refractivity contribution in [2.45, 2.75) is 12.8 Å². The van der Waals surface area contributed by atoms with Crippen LogP contribution >= 0.6 is 0 Å². The number of urea groups is 1. The zero-order chi connectivity index (χ0) is 25.0. The van der Waals surface area contributed by atoms with Crippen LogP contribution in [0.5, 0.6) is 17.2 Å². The Labute approximate surface area is 206 Å². The number of hydrogen-bond donors (Lipinski definition) is 3. The van der Waals surface area contributed by atoms with Crippen LogP contribution in [-0.2, 0) is 0 Å². The van der Waals surface area contributed by atoms with Crippen LogP contribution in [0.2, 0.25) is 0 Å². The fraction of sp³-hybridized carbons (Fsp3) is 0.259. The summed E-state index contributed by atoms with van der Waals surface area (Å²) in [6, 6.07) is 21.0. The maximum atomic E-state index is 12.5. The molecule has 3 aromatic rings. The number of carbonyl (C=O) groups excluding carboxylic acids is 2. The molecule has 0 unspecified atom stereocenters. The van der Waals surface area contributed by atoms with Crippen molar-refractivity contribution in [1.82, 2.24) is 10.2 Å². The minimum absolute atomic E-state index is 0.210. The number of rotatable bonds is 11. The minimum atomic E-state index is -0.429. The zero-order valence-corrected chi connectivity index (χ0v) is 20.3. The molecule has 184 valence electrons. The van der Waals surface area contributed by atoms with Crippen LogP contribution in [0.4, 0.5) is 16.2 Å². The minimum Gasteiger partial charge on any atom is -0.496 e. The molecule has 8 heteroatoms. The molecule has 0 aliphatic rings. The van der Waals surface area contributed by atoms with Crippen molar-refractivity contribution < 1.29 is 19.1 Å². The van der Waals surface area contributed by atoms with Crippen LogP contribution in [0, 0.1) is 0 Å². The first-order chi connectivity index (χ1) is 16.9. The van der Waals surface area contributed by atoms with Gasteiger partial charge in [-0.25, -0.2) is 4.79 Å². The Bertz CT molecular complexity index is 1120. The third kappa shape index (κ3) is 8.35. The van der Waals surface area contributed by atoms with Gasteiger partial charge in [-0.05, 0) is 69.9 Å². The number of para-hydroxylation sites is 1. The van der Waals surface area contributed by atoms with Crippen LogP contribution in [0.15, 0.2) is 72.8 Å². The molecule has 35 heavy (non-hydrogen) atoms. The second-order valence-corrected chi connectivity index (χ2v) is 8.20. The van der Waals surface area contributed by atoms with Gasteiger partial charge in [0, 0.05) is 30.1 Å². The van der Waals surface area contributed by atoms with Gasteiger partial charge in [-0.15, -0.1) is 0 Å². The van der Waals surface area contributed by atoms with Crippen molar-refractivity contribution >= 4 is 23.3 Å². The molecule has 3 rings (SSSR count). The largest absolute Gasteiger partial charge is 0.496 e. The highest BCUT2D eigenvalue weighted by Gasteiger charge is 2.14. The number of ether oxygens (including phenoxy) is 2. The standard InChI is InChI=1S/C27H32N4O4/c1-31(2)17-8-7-16-28-26(32)24-15-14-21(19-25(24)34-3)30-27(33)29-20-10-9-13-23(18-20)35-22-11-5-4-6-12-22/h4-6,9-15,18-19H,7-8,16-17H2,1-3H3,(H,28,32)(H2,29,30,33). The monoisotopic (exact) mass is 476 g/mol. The first-order valence-electron chi connectivity index (χ1n) is 11.5. The molecule has 0 heterocycles. The van der Waals surface area contributed by atoms with Crippen LogP contribution in [0.25, 0.3) is 0 Å². The highest BCUT2D eigenvalue weighted by molar-refractivity contribution is 6.01. The first kappa shape index (κ1) is 25.6. The van der Waals surface area contributed by atoms with Crippen LogP contribution in [0.3, 0.4) is 0 Å². The molecule has 0 bridgehead atoms. The highest BCUT2D eigenvalue weighted by Crippen LogP contribution is 2.25. The molecule has 3 amide bonds. The molecule has 0 radical (unpaired) electrons. The smallest absolute Gasteiger partial charge is 0.323 e. The van der Waals surface area contributed by atoms with E-state index in [1.807, 2.05) is 50.5 Å². The van der Waals surface area contributed by atoms with E-state index in [-0.39, 0.29) is 5.91 Å². The molecule has 3 N–H and O–H groups in total. The molecule has 0 saturated carbocycles. The predicted octanol–water partition coefficient (Wildman–Crippen LogP) is 5.20. The van der Waals surface area contributed by atoms with Gasteiger partial charge < -0.3 is 30.3 Å². The number of methoxy groups -OCH3 is 1. The van der Waals surface area contributed by atoms with E-state index in [0.717, 1.165) is 19.4 Å². The summed E-state index contributed by atoms with van der Waals surface area (Å²) >= 11 is 0. The predicted molar refractivity (Wildman–Crippen MR) is 139 cm³/mol. The molecular weight excluding hydrogens is 444 g/mol. The number of nitrogens with one attached hydrogen (secondary N) is 3. The van der Waals surface area contributed by atoms with Crippen molar-refractivity contribution in [3.8, 4) is 17.2 Å². The van der Waals surface area contributed by atoms with Gasteiger partial charge in [0.15, 0.2) is 0 Å². The van der Waals surface area contributed by atoms with E-state index in [4.69, 9.17) is 9.47 Å². The molecular formula is C27H32N4O4. The fourth-order valence-corrected chi connectivity index (χ4v) is 3.36. The molecule has 0 saturated heterocycles. The lowest BCUT2D eigenvalue weighted by atomic mass is 10.1. The zero-order valence-electron chi connectivity index (χ0n) is 20.3. The maximum absolute atomic E-state index is 12.5. The number of unbranched alkanes of at least 4 members (excludes halogenated alkanes) is 1. The van der Waals surface area contributed by atoms with E-state index in [1.54, 1.807) is 36.4 Å². The number of benzene rings is 3. The van der Waals surface area contributed by atoms with Crippen molar-refractivity contribution in [1.29, 1.82) is 0 Å². The van der Waals surface area contributed by atoms with Gasteiger partial charge in [0.2, 0.25) is 0 Å². The molecule has 3 aromatic carbocycles. The number of hydrogen-bond acceptors (Lipinski definition) is 5. The Morgan fingerprint density at radius 2 is 1.54 bits per heavy atom. The molecule has 0 aliphatic carbocycles. The fourth-order valence-electron chi connectivity index (χ4n) is 3.36. The van der Waals surface area contributed by atoms with E-state index >= 15 is 0 Å². The summed E-state index contributed by atoms with van der Waals surface area (Å²) in [7, 11) is 5.54. The third-order valence-electron chi connectivity index (χ3n) is 5.09. The second-order valence-electron chi connectivity index (χ2n) is 8.20. The van der Waals surface area contributed by atoms with Gasteiger partial charge in [-0.3, -0.25) is 4.79 Å². The molecule has 8 nitrogen and oxygen atoms in total. The lowest BCUT2D eigenvalue weighted by molar-refractivity contribution is 0.0949. The Kier molecular flexibility index (Phi) is 9.50. The van der Waals surface area contributed by atoms with Gasteiger partial charge in [0.1, 0.15) is 17.2 Å². The van der Waals surface area contributed by atoms with Crippen molar-refractivity contribution in [3.05, 3.63) is 78.4 Å². The van der Waals surface area contributed by atoms with Crippen LogP contribution < -0.4 is 25.4 Å². The van der Waals surface area contributed by atoms with Gasteiger partial charge in [0.25, 0.3) is 5.91 Å². The van der Waals surface area contributed by atoms with Crippen LogP contribution in [-0.4, -0.2) is 51.1 Å². The van der Waals surface area contributed by atoms with Crippen molar-refractivity contribution in [2.24, 2.45) is 0 Å². The highest BCUT2D eigenvalue weighted by atomic mass is 16.5. The second kappa shape index (κ2) is 13.0. The van der Waals surface area contributed by atoms with E-state index in [2.05, 4.69) is 20.9 Å². The van der Waals surface area contributed by atoms with Crippen molar-refractivity contribution in [3.63, 3.8) is 0 Å². The van der Waals surface area contributed by atoms with E-state index in [9.17, 15) is 9.59 Å².